The largest absolute Gasteiger partial charge is 0.313 e. The zero-order valence-electron chi connectivity index (χ0n) is 13.5. The fourth-order valence-electron chi connectivity index (χ4n) is 2.55. The maximum Gasteiger partial charge on any atom is 0.0236 e. The van der Waals surface area contributed by atoms with Crippen LogP contribution in [-0.4, -0.2) is 30.1 Å². The summed E-state index contributed by atoms with van der Waals surface area (Å²) in [5.74, 6) is 0. The van der Waals surface area contributed by atoms with E-state index in [2.05, 4.69) is 68.2 Å². The molecule has 1 saturated carbocycles. The van der Waals surface area contributed by atoms with E-state index in [1.54, 1.807) is 0 Å². The molecular weight excluding hydrogens is 244 g/mol. The van der Waals surface area contributed by atoms with Crippen LogP contribution in [0, 0.1) is 5.41 Å². The lowest BCUT2D eigenvalue weighted by atomic mass is 9.91. The standard InChI is InChI=1S/C18H30N2/c1-15(2)20(12-16-8-6-5-7-9-16)14-18(3,4)13-19-17-10-11-17/h5-9,15,17,19H,10-14H2,1-4H3. The smallest absolute Gasteiger partial charge is 0.0236 e. The zero-order valence-corrected chi connectivity index (χ0v) is 13.5. The Bertz CT molecular complexity index is 393. The number of hydrogen-bond donors (Lipinski definition) is 1. The van der Waals surface area contributed by atoms with E-state index in [-0.39, 0.29) is 0 Å². The topological polar surface area (TPSA) is 15.3 Å². The summed E-state index contributed by atoms with van der Waals surface area (Å²) in [7, 11) is 0. The molecule has 2 nitrogen and oxygen atoms in total. The van der Waals surface area contributed by atoms with Crippen LogP contribution in [0.2, 0.25) is 0 Å². The van der Waals surface area contributed by atoms with Gasteiger partial charge in [-0.25, -0.2) is 0 Å². The minimum Gasteiger partial charge on any atom is -0.313 e. The molecule has 0 radical (unpaired) electrons. The Morgan fingerprint density at radius 1 is 1.20 bits per heavy atom. The third-order valence-electron chi connectivity index (χ3n) is 4.04. The first kappa shape index (κ1) is 15.5. The molecule has 1 aliphatic carbocycles. The maximum absolute atomic E-state index is 3.68. The molecule has 0 aliphatic heterocycles. The minimum absolute atomic E-state index is 0.321. The summed E-state index contributed by atoms with van der Waals surface area (Å²) in [6, 6.07) is 12.2. The summed E-state index contributed by atoms with van der Waals surface area (Å²) in [4.78, 5) is 2.59. The monoisotopic (exact) mass is 274 g/mol. The van der Waals surface area contributed by atoms with Gasteiger partial charge in [-0.05, 0) is 37.7 Å². The number of nitrogens with zero attached hydrogens (tertiary/aromatic N) is 1. The van der Waals surface area contributed by atoms with Crippen molar-refractivity contribution in [1.82, 2.24) is 10.2 Å². The lowest BCUT2D eigenvalue weighted by molar-refractivity contribution is 0.134. The molecule has 1 aromatic carbocycles. The second kappa shape index (κ2) is 6.73. The molecule has 20 heavy (non-hydrogen) atoms. The highest BCUT2D eigenvalue weighted by Gasteiger charge is 2.27. The number of hydrogen-bond acceptors (Lipinski definition) is 2. The van der Waals surface area contributed by atoms with Crippen molar-refractivity contribution < 1.29 is 0 Å². The fourth-order valence-corrected chi connectivity index (χ4v) is 2.55. The van der Waals surface area contributed by atoms with Crippen LogP contribution in [0.5, 0.6) is 0 Å². The van der Waals surface area contributed by atoms with Crippen LogP contribution in [0.25, 0.3) is 0 Å². The molecule has 0 atom stereocenters. The molecule has 1 N–H and O–H groups in total. The maximum atomic E-state index is 3.68. The van der Waals surface area contributed by atoms with Crippen LogP contribution in [0.1, 0.15) is 46.1 Å². The van der Waals surface area contributed by atoms with Crippen molar-refractivity contribution in [3.63, 3.8) is 0 Å². The molecule has 0 bridgehead atoms. The number of rotatable bonds is 8. The van der Waals surface area contributed by atoms with Gasteiger partial charge in [0.15, 0.2) is 0 Å². The Morgan fingerprint density at radius 3 is 2.40 bits per heavy atom. The molecule has 0 aromatic heterocycles. The van der Waals surface area contributed by atoms with Crippen molar-refractivity contribution in [3.8, 4) is 0 Å². The molecule has 112 valence electrons. The van der Waals surface area contributed by atoms with Gasteiger partial charge in [0.05, 0.1) is 0 Å². The first-order chi connectivity index (χ1) is 9.46. The first-order valence-electron chi connectivity index (χ1n) is 7.98. The van der Waals surface area contributed by atoms with Gasteiger partial charge in [0.25, 0.3) is 0 Å². The summed E-state index contributed by atoms with van der Waals surface area (Å²) in [5.41, 5.74) is 1.73. The Labute approximate surface area is 124 Å². The predicted octanol–water partition coefficient (Wildman–Crippen LogP) is 3.68. The molecular formula is C18H30N2. The number of benzene rings is 1. The van der Waals surface area contributed by atoms with Crippen LogP contribution in [0.4, 0.5) is 0 Å². The lowest BCUT2D eigenvalue weighted by Crippen LogP contribution is -2.43. The van der Waals surface area contributed by atoms with Gasteiger partial charge < -0.3 is 5.32 Å². The Balaban J connectivity index is 1.90. The summed E-state index contributed by atoms with van der Waals surface area (Å²) in [6.45, 7) is 12.7. The van der Waals surface area contributed by atoms with Gasteiger partial charge in [-0.15, -0.1) is 0 Å². The van der Waals surface area contributed by atoms with Crippen LogP contribution in [-0.2, 0) is 6.54 Å². The fraction of sp³-hybridized carbons (Fsp3) is 0.667. The molecule has 1 aliphatic rings. The SMILES string of the molecule is CC(C)N(Cc1ccccc1)CC(C)(C)CNC1CC1. The van der Waals surface area contributed by atoms with Gasteiger partial charge in [-0.1, -0.05) is 44.2 Å². The predicted molar refractivity (Wildman–Crippen MR) is 86.8 cm³/mol. The third kappa shape index (κ3) is 5.26. The first-order valence-corrected chi connectivity index (χ1v) is 7.98. The van der Waals surface area contributed by atoms with Gasteiger partial charge in [-0.2, -0.15) is 0 Å². The Hall–Kier alpha value is -0.860. The Kier molecular flexibility index (Phi) is 5.22. The average molecular weight is 274 g/mol. The van der Waals surface area contributed by atoms with Crippen LogP contribution >= 0.6 is 0 Å². The summed E-state index contributed by atoms with van der Waals surface area (Å²) in [5, 5.41) is 3.68. The van der Waals surface area contributed by atoms with Gasteiger partial charge in [0.2, 0.25) is 0 Å². The summed E-state index contributed by atoms with van der Waals surface area (Å²) >= 11 is 0. The van der Waals surface area contributed by atoms with Gasteiger partial charge in [0.1, 0.15) is 0 Å². The second-order valence-corrected chi connectivity index (χ2v) is 7.30. The quantitative estimate of drug-likeness (QED) is 0.778. The van der Waals surface area contributed by atoms with E-state index in [0.717, 1.165) is 25.7 Å². The molecule has 1 aromatic rings. The average Bonchev–Trinajstić information content (AvgIpc) is 3.21. The Morgan fingerprint density at radius 2 is 1.85 bits per heavy atom. The van der Waals surface area contributed by atoms with E-state index in [9.17, 15) is 0 Å². The highest BCUT2D eigenvalue weighted by molar-refractivity contribution is 5.14. The summed E-state index contributed by atoms with van der Waals surface area (Å²) in [6.07, 6.45) is 2.74. The molecule has 2 heteroatoms. The molecule has 1 fully saturated rings. The van der Waals surface area contributed by atoms with E-state index in [4.69, 9.17) is 0 Å². The molecule has 0 unspecified atom stereocenters. The van der Waals surface area contributed by atoms with Crippen molar-refractivity contribution in [3.05, 3.63) is 35.9 Å². The van der Waals surface area contributed by atoms with Crippen molar-refractivity contribution in [2.75, 3.05) is 13.1 Å². The van der Waals surface area contributed by atoms with Crippen LogP contribution < -0.4 is 5.32 Å². The normalized spacial score (nSPS) is 16.1. The molecule has 0 heterocycles. The van der Waals surface area contributed by atoms with Gasteiger partial charge in [0, 0.05) is 31.7 Å². The van der Waals surface area contributed by atoms with E-state index in [1.807, 2.05) is 0 Å². The van der Waals surface area contributed by atoms with Crippen LogP contribution in [0.3, 0.4) is 0 Å². The van der Waals surface area contributed by atoms with Crippen molar-refractivity contribution in [2.45, 2.75) is 59.2 Å². The van der Waals surface area contributed by atoms with Crippen molar-refractivity contribution in [1.29, 1.82) is 0 Å². The van der Waals surface area contributed by atoms with Gasteiger partial charge >= 0.3 is 0 Å². The van der Waals surface area contributed by atoms with Crippen molar-refractivity contribution >= 4 is 0 Å². The van der Waals surface area contributed by atoms with E-state index >= 15 is 0 Å². The van der Waals surface area contributed by atoms with Crippen LogP contribution in [0.15, 0.2) is 30.3 Å². The highest BCUT2D eigenvalue weighted by atomic mass is 15.2. The van der Waals surface area contributed by atoms with E-state index < -0.39 is 0 Å². The second-order valence-electron chi connectivity index (χ2n) is 7.30. The number of nitrogens with one attached hydrogen (secondary N) is 1. The van der Waals surface area contributed by atoms with E-state index in [0.29, 0.717) is 11.5 Å². The highest BCUT2D eigenvalue weighted by Crippen LogP contribution is 2.23. The molecule has 0 spiro atoms. The molecule has 2 rings (SSSR count). The van der Waals surface area contributed by atoms with Gasteiger partial charge in [-0.3, -0.25) is 4.90 Å². The molecule has 0 saturated heterocycles. The lowest BCUT2D eigenvalue weighted by Gasteiger charge is -2.35. The van der Waals surface area contributed by atoms with E-state index in [1.165, 1.54) is 18.4 Å². The third-order valence-corrected chi connectivity index (χ3v) is 4.04. The van der Waals surface area contributed by atoms with Crippen molar-refractivity contribution in [2.24, 2.45) is 5.41 Å². The zero-order chi connectivity index (χ0) is 14.6. The summed E-state index contributed by atoms with van der Waals surface area (Å²) < 4.78 is 0. The molecule has 0 amide bonds. The minimum atomic E-state index is 0.321.